The maximum absolute atomic E-state index is 14.6. The molecule has 6 rings (SSSR count). The first-order valence-corrected chi connectivity index (χ1v) is 12.0. The van der Waals surface area contributed by atoms with Crippen molar-refractivity contribution in [1.82, 2.24) is 25.2 Å². The van der Waals surface area contributed by atoms with Crippen molar-refractivity contribution in [2.45, 2.75) is 37.4 Å². The van der Waals surface area contributed by atoms with E-state index in [2.05, 4.69) is 20.5 Å². The highest BCUT2D eigenvalue weighted by atomic mass is 19.1. The molecule has 2 aromatic heterocycles. The number of rotatable bonds is 9. The molecule has 0 bridgehead atoms. The van der Waals surface area contributed by atoms with Gasteiger partial charge in [0.1, 0.15) is 5.52 Å². The molecule has 0 atom stereocenters. The number of H-pyrrole nitrogens is 1. The Morgan fingerprint density at radius 2 is 1.84 bits per heavy atom. The minimum atomic E-state index is -2.49. The summed E-state index contributed by atoms with van der Waals surface area (Å²) in [6, 6.07) is 17.1. The van der Waals surface area contributed by atoms with Crippen LogP contribution in [-0.4, -0.2) is 52.9 Å². The van der Waals surface area contributed by atoms with Gasteiger partial charge in [0, 0.05) is 11.8 Å². The third kappa shape index (κ3) is 4.06. The largest absolute Gasteiger partial charge is 0.479 e. The number of benzene rings is 3. The molecule has 0 aliphatic heterocycles. The van der Waals surface area contributed by atoms with Crippen molar-refractivity contribution in [3.63, 3.8) is 0 Å². The lowest BCUT2D eigenvalue weighted by molar-refractivity contribution is -0.185. The van der Waals surface area contributed by atoms with Crippen molar-refractivity contribution < 1.29 is 28.9 Å². The Balaban J connectivity index is 1.30. The lowest BCUT2D eigenvalue weighted by Gasteiger charge is -2.25. The molecule has 0 unspecified atom stereocenters. The van der Waals surface area contributed by atoms with Crippen molar-refractivity contribution in [3.05, 3.63) is 83.3 Å². The number of fused-ring (bicyclic) bond motifs is 2. The van der Waals surface area contributed by atoms with Crippen LogP contribution in [0.5, 0.6) is 0 Å². The van der Waals surface area contributed by atoms with Crippen LogP contribution in [-0.2, 0) is 27.4 Å². The summed E-state index contributed by atoms with van der Waals surface area (Å²) in [6.45, 7) is -0.354. The zero-order valence-corrected chi connectivity index (χ0v) is 20.0. The topological polar surface area (TPSA) is 143 Å². The molecule has 3 N–H and O–H groups in total. The highest BCUT2D eigenvalue weighted by molar-refractivity contribution is 6.02. The van der Waals surface area contributed by atoms with Gasteiger partial charge in [-0.1, -0.05) is 35.5 Å². The number of carbonyl (C=O) groups is 2. The highest BCUT2D eigenvalue weighted by Crippen LogP contribution is 2.41. The number of nitrogens with one attached hydrogen (secondary N) is 1. The summed E-state index contributed by atoms with van der Waals surface area (Å²) in [5.41, 5.74) is 1.24. The molecule has 38 heavy (non-hydrogen) atoms. The van der Waals surface area contributed by atoms with Gasteiger partial charge in [0.15, 0.2) is 5.82 Å². The van der Waals surface area contributed by atoms with E-state index >= 15 is 0 Å². The third-order valence-corrected chi connectivity index (χ3v) is 6.89. The van der Waals surface area contributed by atoms with E-state index in [1.165, 1.54) is 6.07 Å². The highest BCUT2D eigenvalue weighted by Gasteiger charge is 2.48. The Bertz CT molecular complexity index is 1680. The fraction of sp³-hybridized carbons (Fsp3) is 0.222. The van der Waals surface area contributed by atoms with Crippen molar-refractivity contribution in [2.75, 3.05) is 0 Å². The predicted octanol–water partition coefficient (Wildman–Crippen LogP) is 3.98. The van der Waals surface area contributed by atoms with Crippen LogP contribution in [0, 0.1) is 5.82 Å². The minimum absolute atomic E-state index is 0.185. The van der Waals surface area contributed by atoms with Crippen LogP contribution in [0.4, 0.5) is 4.39 Å². The molecular formula is C27H22FN5O5. The van der Waals surface area contributed by atoms with E-state index in [-0.39, 0.29) is 18.5 Å². The van der Waals surface area contributed by atoms with Crippen LogP contribution >= 0.6 is 0 Å². The quantitative estimate of drug-likeness (QED) is 0.250. The zero-order chi connectivity index (χ0) is 26.4. The van der Waals surface area contributed by atoms with Crippen LogP contribution in [0.15, 0.2) is 60.7 Å². The number of hydrogen-bond donors (Lipinski definition) is 3. The predicted molar refractivity (Wildman–Crippen MR) is 133 cm³/mol. The molecule has 0 spiro atoms. The summed E-state index contributed by atoms with van der Waals surface area (Å²) >= 11 is 0. The third-order valence-electron chi connectivity index (χ3n) is 6.89. The normalized spacial score (nSPS) is 13.8. The van der Waals surface area contributed by atoms with Gasteiger partial charge < -0.3 is 14.9 Å². The number of halogens is 1. The number of aromatic amines is 1. The molecule has 3 aromatic carbocycles. The van der Waals surface area contributed by atoms with E-state index < -0.39 is 23.4 Å². The molecule has 0 saturated heterocycles. The number of aliphatic carboxylic acids is 2. The van der Waals surface area contributed by atoms with E-state index in [1.807, 2.05) is 6.07 Å². The monoisotopic (exact) mass is 515 g/mol. The number of ether oxygens (including phenoxy) is 1. The molecule has 1 aliphatic rings. The first-order chi connectivity index (χ1) is 18.4. The molecule has 1 fully saturated rings. The maximum Gasteiger partial charge on any atom is 0.348 e. The summed E-state index contributed by atoms with van der Waals surface area (Å²) < 4.78 is 21.8. The second kappa shape index (κ2) is 9.03. The van der Waals surface area contributed by atoms with Gasteiger partial charge in [-0.2, -0.15) is 5.10 Å². The lowest BCUT2D eigenvalue weighted by Crippen LogP contribution is -2.51. The Hall–Kier alpha value is -4.64. The number of carboxylic acid groups (broad SMARTS) is 2. The fourth-order valence-corrected chi connectivity index (χ4v) is 4.64. The standard InChI is InChI=1S/C27H22FN5O5/c28-20-10-17(16-6-7-16)11-23-24(20)31-32-33(23)18-8-9-19-21(12-18)29-30-22(19)14-38-27(25(34)35,26(36)37)13-15-4-2-1-3-5-15/h1-5,8-12,16H,6-7,13-14H2,(H,29,30)(H,34,35)(H,36,37). The summed E-state index contributed by atoms with van der Waals surface area (Å²) in [4.78, 5) is 24.2. The molecule has 192 valence electrons. The molecule has 0 amide bonds. The molecular weight excluding hydrogens is 493 g/mol. The van der Waals surface area contributed by atoms with Crippen molar-refractivity contribution in [2.24, 2.45) is 0 Å². The number of aromatic nitrogens is 5. The minimum Gasteiger partial charge on any atom is -0.479 e. The smallest absolute Gasteiger partial charge is 0.348 e. The second-order valence-electron chi connectivity index (χ2n) is 9.43. The van der Waals surface area contributed by atoms with Crippen molar-refractivity contribution in [1.29, 1.82) is 0 Å². The summed E-state index contributed by atoms with van der Waals surface area (Å²) in [7, 11) is 0. The van der Waals surface area contributed by atoms with E-state index in [9.17, 15) is 24.2 Å². The Morgan fingerprint density at radius 1 is 1.08 bits per heavy atom. The van der Waals surface area contributed by atoms with Gasteiger partial charge in [-0.25, -0.2) is 18.7 Å². The molecule has 2 heterocycles. The average molecular weight is 516 g/mol. The molecule has 10 nitrogen and oxygen atoms in total. The Kier molecular flexibility index (Phi) is 5.64. The second-order valence-corrected chi connectivity index (χ2v) is 9.43. The van der Waals surface area contributed by atoms with Gasteiger partial charge in [0.2, 0.25) is 0 Å². The molecule has 5 aromatic rings. The van der Waals surface area contributed by atoms with Gasteiger partial charge in [0.05, 0.1) is 29.0 Å². The van der Waals surface area contributed by atoms with Crippen molar-refractivity contribution >= 4 is 33.9 Å². The molecule has 11 heteroatoms. The van der Waals surface area contributed by atoms with E-state index in [1.54, 1.807) is 53.2 Å². The van der Waals surface area contributed by atoms with Crippen LogP contribution in [0.25, 0.3) is 27.6 Å². The first-order valence-electron chi connectivity index (χ1n) is 12.0. The first kappa shape index (κ1) is 23.7. The summed E-state index contributed by atoms with van der Waals surface area (Å²) in [5.74, 6) is -3.26. The van der Waals surface area contributed by atoms with Crippen LogP contribution in [0.1, 0.15) is 35.6 Å². The number of carboxylic acids is 2. The van der Waals surface area contributed by atoms with Gasteiger partial charge >= 0.3 is 11.9 Å². The maximum atomic E-state index is 14.6. The molecule has 1 aliphatic carbocycles. The van der Waals surface area contributed by atoms with E-state index in [4.69, 9.17) is 4.74 Å². The Morgan fingerprint density at radius 3 is 2.55 bits per heavy atom. The van der Waals surface area contributed by atoms with Crippen molar-refractivity contribution in [3.8, 4) is 5.69 Å². The van der Waals surface area contributed by atoms with E-state index in [0.29, 0.717) is 39.3 Å². The summed E-state index contributed by atoms with van der Waals surface area (Å²) in [6.07, 6.45) is 1.71. The van der Waals surface area contributed by atoms with Gasteiger partial charge in [-0.3, -0.25) is 5.10 Å². The van der Waals surface area contributed by atoms with Gasteiger partial charge in [-0.05, 0) is 60.2 Å². The van der Waals surface area contributed by atoms with Gasteiger partial charge in [0.25, 0.3) is 5.60 Å². The van der Waals surface area contributed by atoms with Crippen LogP contribution in [0.2, 0.25) is 0 Å². The SMILES string of the molecule is O=C(O)C(Cc1ccccc1)(OCc1n[nH]c2cc(-n3nnc4c(F)cc(C5CC5)cc43)ccc12)C(=O)O. The number of hydrogen-bond acceptors (Lipinski definition) is 6. The Labute approximate surface area is 214 Å². The number of nitrogens with zero attached hydrogens (tertiary/aromatic N) is 4. The van der Waals surface area contributed by atoms with Gasteiger partial charge in [-0.15, -0.1) is 5.10 Å². The van der Waals surface area contributed by atoms with Crippen LogP contribution in [0.3, 0.4) is 0 Å². The average Bonchev–Trinajstić information content (AvgIpc) is 3.55. The van der Waals surface area contributed by atoms with E-state index in [0.717, 1.165) is 18.4 Å². The fourth-order valence-electron chi connectivity index (χ4n) is 4.64. The zero-order valence-electron chi connectivity index (χ0n) is 20.0. The van der Waals surface area contributed by atoms with Crippen LogP contribution < -0.4 is 0 Å². The molecule has 1 saturated carbocycles. The lowest BCUT2D eigenvalue weighted by atomic mass is 9.94. The summed E-state index contributed by atoms with van der Waals surface area (Å²) in [5, 5.41) is 35.5. The molecule has 0 radical (unpaired) electrons.